The van der Waals surface area contributed by atoms with Crippen LogP contribution in [0.3, 0.4) is 0 Å². The third-order valence-electron chi connectivity index (χ3n) is 5.57. The van der Waals surface area contributed by atoms with Gasteiger partial charge >= 0.3 is 18.0 Å². The van der Waals surface area contributed by atoms with E-state index >= 15 is 0 Å². The summed E-state index contributed by atoms with van der Waals surface area (Å²) in [4.78, 5) is 36.2. The van der Waals surface area contributed by atoms with E-state index < -0.39 is 30.2 Å². The lowest BCUT2D eigenvalue weighted by atomic mass is 9.98. The molecule has 3 aromatic rings. The Morgan fingerprint density at radius 3 is 2.11 bits per heavy atom. The van der Waals surface area contributed by atoms with Crippen molar-refractivity contribution in [2.24, 2.45) is 0 Å². The Morgan fingerprint density at radius 1 is 0.917 bits per heavy atom. The number of esters is 1. The average molecular weight is 490 g/mol. The van der Waals surface area contributed by atoms with Crippen molar-refractivity contribution in [3.63, 3.8) is 0 Å². The van der Waals surface area contributed by atoms with E-state index in [0.717, 1.165) is 22.3 Å². The van der Waals surface area contributed by atoms with Crippen molar-refractivity contribution in [3.05, 3.63) is 83.4 Å². The molecule has 0 bridgehead atoms. The summed E-state index contributed by atoms with van der Waals surface area (Å²) in [5, 5.41) is 11.9. The molecular formula is C28H27NO7. The van der Waals surface area contributed by atoms with Crippen LogP contribution in [-0.2, 0) is 14.3 Å². The van der Waals surface area contributed by atoms with Gasteiger partial charge in [-0.1, -0.05) is 48.5 Å². The number of benzene rings is 3. The molecule has 0 radical (unpaired) electrons. The van der Waals surface area contributed by atoms with Crippen LogP contribution in [0, 0.1) is 0 Å². The van der Waals surface area contributed by atoms with Crippen LogP contribution in [0.4, 0.5) is 10.5 Å². The molecular weight excluding hydrogens is 462 g/mol. The van der Waals surface area contributed by atoms with Crippen LogP contribution in [-0.4, -0.2) is 42.0 Å². The molecule has 1 amide bonds. The lowest BCUT2D eigenvalue weighted by Gasteiger charge is -2.20. The Morgan fingerprint density at radius 2 is 1.53 bits per heavy atom. The number of carbonyl (C=O) groups is 3. The number of hydrogen-bond donors (Lipinski definition) is 2. The van der Waals surface area contributed by atoms with Gasteiger partial charge in [-0.2, -0.15) is 0 Å². The van der Waals surface area contributed by atoms with Crippen LogP contribution >= 0.6 is 0 Å². The molecule has 0 atom stereocenters. The van der Waals surface area contributed by atoms with Gasteiger partial charge in [0.05, 0.1) is 11.3 Å². The van der Waals surface area contributed by atoms with E-state index in [-0.39, 0.29) is 29.5 Å². The largest absolute Gasteiger partial charge is 0.480 e. The molecule has 3 aromatic carbocycles. The van der Waals surface area contributed by atoms with Crippen LogP contribution in [0.1, 0.15) is 48.2 Å². The van der Waals surface area contributed by atoms with E-state index in [0.29, 0.717) is 0 Å². The standard InChI is InChI=1S/C28H27NO7/c1-28(2,3)36-25(30)16-34-24-14-17(26(31)32)12-13-23(24)29-27(33)35-15-22-20-10-6-4-8-18(20)19-9-5-7-11-21(19)22/h4-14,22H,15-16H2,1-3H3,(H,29,33)(H,31,32). The quantitative estimate of drug-likeness (QED) is 0.424. The molecule has 0 aromatic heterocycles. The Kier molecular flexibility index (Phi) is 6.96. The number of ether oxygens (including phenoxy) is 3. The Bertz CT molecular complexity index is 1260. The monoisotopic (exact) mass is 489 g/mol. The SMILES string of the molecule is CC(C)(C)OC(=O)COc1cc(C(=O)O)ccc1NC(=O)OCC1c2ccccc2-c2ccccc21. The number of carboxylic acid groups (broad SMARTS) is 1. The predicted octanol–water partition coefficient (Wildman–Crippen LogP) is 5.47. The first kappa shape index (κ1) is 24.8. The van der Waals surface area contributed by atoms with Crippen molar-refractivity contribution in [2.75, 3.05) is 18.5 Å². The number of rotatable bonds is 7. The van der Waals surface area contributed by atoms with Crippen molar-refractivity contribution in [1.82, 2.24) is 0 Å². The maximum Gasteiger partial charge on any atom is 0.411 e. The lowest BCUT2D eigenvalue weighted by molar-refractivity contribution is -0.157. The Labute approximate surface area is 208 Å². The maximum absolute atomic E-state index is 12.7. The number of carboxylic acids is 1. The summed E-state index contributed by atoms with van der Waals surface area (Å²) in [5.74, 6) is -1.91. The van der Waals surface area contributed by atoms with Crippen molar-refractivity contribution in [3.8, 4) is 16.9 Å². The summed E-state index contributed by atoms with van der Waals surface area (Å²) in [7, 11) is 0. The molecule has 8 nitrogen and oxygen atoms in total. The molecule has 2 N–H and O–H groups in total. The summed E-state index contributed by atoms with van der Waals surface area (Å²) >= 11 is 0. The molecule has 1 aliphatic carbocycles. The first-order chi connectivity index (χ1) is 17.1. The lowest BCUT2D eigenvalue weighted by Crippen LogP contribution is -2.27. The van der Waals surface area contributed by atoms with Gasteiger partial charge in [-0.15, -0.1) is 0 Å². The van der Waals surface area contributed by atoms with E-state index in [4.69, 9.17) is 14.2 Å². The van der Waals surface area contributed by atoms with Gasteiger partial charge in [0.2, 0.25) is 0 Å². The zero-order chi connectivity index (χ0) is 25.9. The first-order valence-electron chi connectivity index (χ1n) is 11.5. The Hall–Kier alpha value is -4.33. The van der Waals surface area contributed by atoms with E-state index in [9.17, 15) is 19.5 Å². The number of amides is 1. The molecule has 0 spiro atoms. The fraction of sp³-hybridized carbons (Fsp3) is 0.250. The highest BCUT2D eigenvalue weighted by Crippen LogP contribution is 2.44. The van der Waals surface area contributed by atoms with E-state index in [1.807, 2.05) is 48.5 Å². The third kappa shape index (κ3) is 5.66. The van der Waals surface area contributed by atoms with Crippen molar-refractivity contribution >= 4 is 23.7 Å². The van der Waals surface area contributed by atoms with Crippen LogP contribution in [0.5, 0.6) is 5.75 Å². The Balaban J connectivity index is 1.46. The number of nitrogens with one attached hydrogen (secondary N) is 1. The van der Waals surface area contributed by atoms with Gasteiger partial charge in [0.1, 0.15) is 18.0 Å². The van der Waals surface area contributed by atoms with Crippen LogP contribution < -0.4 is 10.1 Å². The number of fused-ring (bicyclic) bond motifs is 3. The first-order valence-corrected chi connectivity index (χ1v) is 11.5. The highest BCUT2D eigenvalue weighted by molar-refractivity contribution is 5.92. The van der Waals surface area contributed by atoms with Crippen molar-refractivity contribution in [2.45, 2.75) is 32.3 Å². The predicted molar refractivity (Wildman–Crippen MR) is 133 cm³/mol. The van der Waals surface area contributed by atoms with Gasteiger partial charge in [-0.05, 0) is 61.2 Å². The summed E-state index contributed by atoms with van der Waals surface area (Å²) in [5.41, 5.74) is 3.80. The normalized spacial score (nSPS) is 12.3. The number of aromatic carboxylic acids is 1. The number of hydrogen-bond acceptors (Lipinski definition) is 6. The molecule has 0 unspecified atom stereocenters. The molecule has 0 heterocycles. The van der Waals surface area contributed by atoms with E-state index in [1.54, 1.807) is 20.8 Å². The minimum Gasteiger partial charge on any atom is -0.480 e. The van der Waals surface area contributed by atoms with Gasteiger partial charge in [-0.25, -0.2) is 14.4 Å². The van der Waals surface area contributed by atoms with Crippen molar-refractivity contribution < 1.29 is 33.7 Å². The van der Waals surface area contributed by atoms with Gasteiger partial charge in [0.15, 0.2) is 6.61 Å². The molecule has 186 valence electrons. The molecule has 0 saturated heterocycles. The molecule has 0 fully saturated rings. The molecule has 8 heteroatoms. The van der Waals surface area contributed by atoms with Crippen LogP contribution in [0.15, 0.2) is 66.7 Å². The summed E-state index contributed by atoms with van der Waals surface area (Å²) < 4.78 is 16.3. The second kappa shape index (κ2) is 10.1. The van der Waals surface area contributed by atoms with E-state index in [1.165, 1.54) is 18.2 Å². The molecule has 0 saturated carbocycles. The molecule has 4 rings (SSSR count). The van der Waals surface area contributed by atoms with Gasteiger partial charge in [-0.3, -0.25) is 5.32 Å². The average Bonchev–Trinajstić information content (AvgIpc) is 3.14. The summed E-state index contributed by atoms with van der Waals surface area (Å²) in [6, 6.07) is 19.9. The second-order valence-electron chi connectivity index (χ2n) is 9.34. The fourth-order valence-corrected chi connectivity index (χ4v) is 4.13. The molecule has 1 aliphatic rings. The zero-order valence-corrected chi connectivity index (χ0v) is 20.2. The molecule has 0 aliphatic heterocycles. The maximum atomic E-state index is 12.7. The highest BCUT2D eigenvalue weighted by Gasteiger charge is 2.29. The van der Waals surface area contributed by atoms with E-state index in [2.05, 4.69) is 5.32 Å². The van der Waals surface area contributed by atoms with Crippen molar-refractivity contribution in [1.29, 1.82) is 0 Å². The smallest absolute Gasteiger partial charge is 0.411 e. The van der Waals surface area contributed by atoms with Crippen LogP contribution in [0.2, 0.25) is 0 Å². The fourth-order valence-electron chi connectivity index (χ4n) is 4.13. The summed E-state index contributed by atoms with van der Waals surface area (Å²) in [6.45, 7) is 4.82. The highest BCUT2D eigenvalue weighted by atomic mass is 16.6. The minimum atomic E-state index is -1.18. The second-order valence-corrected chi connectivity index (χ2v) is 9.34. The summed E-state index contributed by atoms with van der Waals surface area (Å²) in [6.07, 6.45) is -0.734. The minimum absolute atomic E-state index is 0.00858. The number of anilines is 1. The van der Waals surface area contributed by atoms with Gasteiger partial charge in [0, 0.05) is 5.92 Å². The third-order valence-corrected chi connectivity index (χ3v) is 5.57. The van der Waals surface area contributed by atoms with Crippen LogP contribution in [0.25, 0.3) is 11.1 Å². The topological polar surface area (TPSA) is 111 Å². The van der Waals surface area contributed by atoms with Gasteiger partial charge < -0.3 is 19.3 Å². The number of carbonyl (C=O) groups excluding carboxylic acids is 2. The zero-order valence-electron chi connectivity index (χ0n) is 20.2. The molecule has 36 heavy (non-hydrogen) atoms. The van der Waals surface area contributed by atoms with Gasteiger partial charge in [0.25, 0.3) is 0 Å².